The first-order valence-electron chi connectivity index (χ1n) is 6.59. The molecule has 1 atom stereocenters. The summed E-state index contributed by atoms with van der Waals surface area (Å²) >= 11 is 0. The number of benzene rings is 2. The van der Waals surface area contributed by atoms with Crippen LogP contribution in [0.2, 0.25) is 0 Å². The molecule has 23 heavy (non-hydrogen) atoms. The summed E-state index contributed by atoms with van der Waals surface area (Å²) in [6.45, 7) is 0.0653. The third-order valence-corrected chi connectivity index (χ3v) is 2.80. The maximum Gasteiger partial charge on any atom is 0.213 e. The molecule has 1 aliphatic rings. The molecule has 3 N–H and O–H groups in total. The molecule has 124 valence electrons. The summed E-state index contributed by atoms with van der Waals surface area (Å²) in [4.78, 5) is 14.6. The molecule has 6 nitrogen and oxygen atoms in total. The fourth-order valence-corrected chi connectivity index (χ4v) is 1.74. The molecule has 0 saturated carbocycles. The molecule has 0 aromatic heterocycles. The molecular weight excluding hydrogens is 307 g/mol. The molecular formula is C16H17FO6. The van der Waals surface area contributed by atoms with Crippen molar-refractivity contribution in [3.05, 3.63) is 54.1 Å². The lowest BCUT2D eigenvalue weighted by molar-refractivity contribution is -0.00893. The molecule has 0 radical (unpaired) electrons. The van der Waals surface area contributed by atoms with Gasteiger partial charge in [-0.05, 0) is 24.3 Å². The number of aromatic hydroxyl groups is 1. The van der Waals surface area contributed by atoms with Crippen LogP contribution in [-0.2, 0) is 0 Å². The summed E-state index contributed by atoms with van der Waals surface area (Å²) in [7, 11) is 1.00. The Morgan fingerprint density at radius 3 is 2.35 bits per heavy atom. The highest BCUT2D eigenvalue weighted by Crippen LogP contribution is 2.24. The van der Waals surface area contributed by atoms with E-state index in [9.17, 15) is 9.32 Å². The van der Waals surface area contributed by atoms with E-state index in [2.05, 4.69) is 4.94 Å². The molecule has 7 heteroatoms. The first-order valence-corrected chi connectivity index (χ1v) is 6.59. The monoisotopic (exact) mass is 324 g/mol. The van der Waals surface area contributed by atoms with Gasteiger partial charge in [0.05, 0.1) is 5.56 Å². The smallest absolute Gasteiger partial charge is 0.213 e. The minimum atomic E-state index is -1.00. The van der Waals surface area contributed by atoms with Crippen LogP contribution in [0.1, 0.15) is 10.4 Å². The number of hydrogen-bond donors (Lipinski definition) is 3. The van der Waals surface area contributed by atoms with Crippen molar-refractivity contribution in [1.29, 1.82) is 0 Å². The van der Waals surface area contributed by atoms with Gasteiger partial charge in [-0.3, -0.25) is 9.74 Å². The molecule has 1 unspecified atom stereocenters. The predicted octanol–water partition coefficient (Wildman–Crippen LogP) is 1.89. The van der Waals surface area contributed by atoms with Crippen molar-refractivity contribution in [1.82, 2.24) is 0 Å². The summed E-state index contributed by atoms with van der Waals surface area (Å²) in [5, 5.41) is 24.9. The van der Waals surface area contributed by atoms with Gasteiger partial charge in [-0.15, -0.1) is 0 Å². The average molecular weight is 324 g/mol. The fourth-order valence-electron chi connectivity index (χ4n) is 1.74. The summed E-state index contributed by atoms with van der Waals surface area (Å²) in [6, 6.07) is 12.7. The molecule has 0 bridgehead atoms. The fraction of sp³-hybridized carbons (Fsp3) is 0.188. The molecule has 0 amide bonds. The molecule has 0 spiro atoms. The van der Waals surface area contributed by atoms with E-state index in [1.165, 1.54) is 12.1 Å². The third kappa shape index (κ3) is 4.94. The van der Waals surface area contributed by atoms with E-state index in [-0.39, 0.29) is 23.9 Å². The van der Waals surface area contributed by atoms with Gasteiger partial charge in [0, 0.05) is 11.6 Å². The minimum absolute atomic E-state index is 0.0653. The number of Topliss-reactive ketones (excluding diaryl/α,β-unsaturated/α-hetero) is 1. The van der Waals surface area contributed by atoms with Crippen molar-refractivity contribution >= 4 is 5.78 Å². The number of aliphatic hydroxyl groups excluding tert-OH is 2. The van der Waals surface area contributed by atoms with Gasteiger partial charge in [-0.1, -0.05) is 24.3 Å². The summed E-state index contributed by atoms with van der Waals surface area (Å²) in [5.74, 6) is -0.0397. The molecule has 2 aromatic carbocycles. The molecule has 0 saturated heterocycles. The third-order valence-electron chi connectivity index (χ3n) is 2.80. The van der Waals surface area contributed by atoms with E-state index in [1.54, 1.807) is 36.4 Å². The van der Waals surface area contributed by atoms with E-state index in [0.29, 0.717) is 11.3 Å². The summed E-state index contributed by atoms with van der Waals surface area (Å²) < 4.78 is 16.5. The predicted molar refractivity (Wildman–Crippen MR) is 80.3 cm³/mol. The Hall–Kier alpha value is -2.64. The number of ether oxygens (including phenoxy) is 1. The number of rotatable bonds is 1. The highest BCUT2D eigenvalue weighted by molar-refractivity contribution is 6.02. The number of hydrogen-bond acceptors (Lipinski definition) is 6. The van der Waals surface area contributed by atoms with Crippen molar-refractivity contribution in [3.63, 3.8) is 0 Å². The maximum atomic E-state index is 11.3. The van der Waals surface area contributed by atoms with Crippen LogP contribution in [-0.4, -0.2) is 40.9 Å². The molecule has 3 rings (SSSR count). The van der Waals surface area contributed by atoms with E-state index < -0.39 is 6.10 Å². The van der Waals surface area contributed by atoms with Crippen molar-refractivity contribution in [2.24, 2.45) is 0 Å². The lowest BCUT2D eigenvalue weighted by Crippen LogP contribution is -2.32. The van der Waals surface area contributed by atoms with Crippen LogP contribution in [0.5, 0.6) is 17.2 Å². The van der Waals surface area contributed by atoms with E-state index in [1.807, 2.05) is 0 Å². The maximum absolute atomic E-state index is 11.3. The second-order valence-corrected chi connectivity index (χ2v) is 4.23. The van der Waals surface area contributed by atoms with Crippen LogP contribution in [0, 0.1) is 0 Å². The van der Waals surface area contributed by atoms with E-state index in [4.69, 9.17) is 20.1 Å². The lowest BCUT2D eigenvalue weighted by Gasteiger charge is -2.19. The van der Waals surface area contributed by atoms with Gasteiger partial charge in [-0.25, -0.2) is 0 Å². The number of fused-ring (bicyclic) bond motifs is 1. The van der Waals surface area contributed by atoms with Gasteiger partial charge in [0.1, 0.15) is 12.4 Å². The zero-order chi connectivity index (χ0) is 17.2. The number of carbonyl (C=O) groups is 1. The minimum Gasteiger partial charge on any atom is -0.504 e. The Kier molecular flexibility index (Phi) is 7.52. The number of halogens is 1. The second kappa shape index (κ2) is 9.39. The highest BCUT2D eigenvalue weighted by Gasteiger charge is 2.25. The topological polar surface area (TPSA) is 96.2 Å². The first-order chi connectivity index (χ1) is 11.1. The zero-order valence-electron chi connectivity index (χ0n) is 12.3. The quantitative estimate of drug-likeness (QED) is 0.741. The Morgan fingerprint density at radius 2 is 1.74 bits per heavy atom. The highest BCUT2D eigenvalue weighted by atomic mass is 19.3. The van der Waals surface area contributed by atoms with Crippen molar-refractivity contribution < 1.29 is 34.3 Å². The van der Waals surface area contributed by atoms with Crippen LogP contribution in [0.3, 0.4) is 0 Å². The van der Waals surface area contributed by atoms with Gasteiger partial charge in [0.2, 0.25) is 5.75 Å². The Labute approximate surface area is 132 Å². The molecule has 0 fully saturated rings. The van der Waals surface area contributed by atoms with Crippen molar-refractivity contribution in [2.45, 2.75) is 6.10 Å². The van der Waals surface area contributed by atoms with Gasteiger partial charge < -0.3 is 20.1 Å². The van der Waals surface area contributed by atoms with Gasteiger partial charge in [-0.2, -0.15) is 0 Å². The largest absolute Gasteiger partial charge is 0.504 e. The Bertz CT molecular complexity index is 631. The number of aliphatic hydroxyl groups is 2. The number of ketones is 1. The van der Waals surface area contributed by atoms with Gasteiger partial charge in [0.15, 0.2) is 17.6 Å². The summed E-state index contributed by atoms with van der Waals surface area (Å²) in [5.41, 5.74) is 0.469. The van der Waals surface area contributed by atoms with E-state index >= 15 is 0 Å². The Morgan fingerprint density at radius 1 is 1.13 bits per heavy atom. The zero-order valence-corrected chi connectivity index (χ0v) is 12.3. The SMILES string of the molecule is CO.O=C1c2ccccc2OCC1O.Oc1ccccc1OF. The molecule has 0 aliphatic carbocycles. The first kappa shape index (κ1) is 18.4. The van der Waals surface area contributed by atoms with Crippen molar-refractivity contribution in [2.75, 3.05) is 13.7 Å². The van der Waals surface area contributed by atoms with Gasteiger partial charge in [0.25, 0.3) is 0 Å². The van der Waals surface area contributed by atoms with Gasteiger partial charge >= 0.3 is 0 Å². The number of phenolic OH excluding ortho intramolecular Hbond substituents is 1. The van der Waals surface area contributed by atoms with Crippen LogP contribution in [0.25, 0.3) is 0 Å². The van der Waals surface area contributed by atoms with Crippen LogP contribution >= 0.6 is 0 Å². The average Bonchev–Trinajstić information content (AvgIpc) is 2.61. The number of carbonyl (C=O) groups excluding carboxylic acids is 1. The summed E-state index contributed by atoms with van der Waals surface area (Å²) in [6.07, 6.45) is -1.00. The van der Waals surface area contributed by atoms with Crippen LogP contribution in [0.4, 0.5) is 4.53 Å². The molecule has 1 heterocycles. The van der Waals surface area contributed by atoms with Crippen LogP contribution < -0.4 is 9.68 Å². The molecule has 2 aromatic rings. The number of phenols is 1. The second-order valence-electron chi connectivity index (χ2n) is 4.23. The normalized spacial score (nSPS) is 15.0. The van der Waals surface area contributed by atoms with Crippen LogP contribution in [0.15, 0.2) is 48.5 Å². The van der Waals surface area contributed by atoms with E-state index in [0.717, 1.165) is 7.11 Å². The Balaban J connectivity index is 0.000000215. The molecule has 1 aliphatic heterocycles. The van der Waals surface area contributed by atoms with Crippen molar-refractivity contribution in [3.8, 4) is 17.2 Å². The standard InChI is InChI=1S/C9H8O3.C6H5FO2.CH4O/c10-7-5-12-8-4-2-1-3-6(8)9(7)11;7-9-6-4-2-1-3-5(6)8;1-2/h1-4,7,10H,5H2;1-4,8H;2H,1H3. The lowest BCUT2D eigenvalue weighted by atomic mass is 10.0. The number of para-hydroxylation sites is 3.